The van der Waals surface area contributed by atoms with Crippen molar-refractivity contribution in [1.82, 2.24) is 0 Å². The molecule has 2 rings (SSSR count). The van der Waals surface area contributed by atoms with Gasteiger partial charge in [-0.3, -0.25) is 9.10 Å². The number of anilines is 1. The standard InChI is InChI=1S/C17H18FNO5S/c1-12-6-4-5-7-15(12)19(11-17(20)24-3)25(21,22)13-8-9-16(23-2)14(18)10-13/h4-10H,11H2,1-3H3. The van der Waals surface area contributed by atoms with Crippen molar-refractivity contribution >= 4 is 21.7 Å². The Morgan fingerprint density at radius 2 is 1.84 bits per heavy atom. The number of halogens is 1. The first-order valence-electron chi connectivity index (χ1n) is 7.30. The first-order valence-corrected chi connectivity index (χ1v) is 8.74. The molecule has 0 aliphatic heterocycles. The van der Waals surface area contributed by atoms with E-state index >= 15 is 0 Å². The van der Waals surface area contributed by atoms with Gasteiger partial charge in [0.25, 0.3) is 10.0 Å². The molecule has 0 aliphatic carbocycles. The highest BCUT2D eigenvalue weighted by molar-refractivity contribution is 7.92. The fourth-order valence-corrected chi connectivity index (χ4v) is 3.75. The van der Waals surface area contributed by atoms with Crippen LogP contribution in [-0.2, 0) is 19.6 Å². The van der Waals surface area contributed by atoms with Crippen LogP contribution in [0.5, 0.6) is 5.75 Å². The molecule has 8 heteroatoms. The van der Waals surface area contributed by atoms with Gasteiger partial charge in [0.1, 0.15) is 6.54 Å². The second-order valence-electron chi connectivity index (χ2n) is 5.17. The van der Waals surface area contributed by atoms with Crippen LogP contribution in [-0.4, -0.2) is 35.2 Å². The summed E-state index contributed by atoms with van der Waals surface area (Å²) in [4.78, 5) is 11.4. The normalized spacial score (nSPS) is 11.0. The number of carbonyl (C=O) groups is 1. The van der Waals surface area contributed by atoms with Crippen molar-refractivity contribution in [3.05, 3.63) is 53.8 Å². The number of ether oxygens (including phenoxy) is 2. The van der Waals surface area contributed by atoms with Crippen LogP contribution in [0.4, 0.5) is 10.1 Å². The van der Waals surface area contributed by atoms with Crippen LogP contribution in [0.1, 0.15) is 5.56 Å². The Labute approximate surface area is 145 Å². The number of rotatable bonds is 6. The van der Waals surface area contributed by atoms with Gasteiger partial charge in [-0.05, 0) is 36.8 Å². The Kier molecular flexibility index (Phi) is 5.63. The number of nitrogens with zero attached hydrogens (tertiary/aromatic N) is 1. The Hall–Kier alpha value is -2.61. The van der Waals surface area contributed by atoms with E-state index in [-0.39, 0.29) is 10.6 Å². The number of esters is 1. The summed E-state index contributed by atoms with van der Waals surface area (Å²) < 4.78 is 50.2. The molecule has 2 aromatic carbocycles. The fraction of sp³-hybridized carbons (Fsp3) is 0.235. The number of methoxy groups -OCH3 is 2. The molecule has 0 spiro atoms. The van der Waals surface area contributed by atoms with Crippen molar-refractivity contribution in [1.29, 1.82) is 0 Å². The van der Waals surface area contributed by atoms with Crippen molar-refractivity contribution in [2.45, 2.75) is 11.8 Å². The van der Waals surface area contributed by atoms with E-state index in [0.29, 0.717) is 11.3 Å². The average Bonchev–Trinajstić information content (AvgIpc) is 2.60. The molecular weight excluding hydrogens is 349 g/mol. The van der Waals surface area contributed by atoms with E-state index < -0.39 is 28.4 Å². The summed E-state index contributed by atoms with van der Waals surface area (Å²) in [5.74, 6) is -1.62. The SMILES string of the molecule is COC(=O)CN(c1ccccc1C)S(=O)(=O)c1ccc(OC)c(F)c1. The lowest BCUT2D eigenvalue weighted by molar-refractivity contribution is -0.138. The first-order chi connectivity index (χ1) is 11.8. The molecule has 0 aromatic heterocycles. The molecule has 6 nitrogen and oxygen atoms in total. The maximum Gasteiger partial charge on any atom is 0.326 e. The van der Waals surface area contributed by atoms with E-state index in [1.54, 1.807) is 31.2 Å². The number of carbonyl (C=O) groups excluding carboxylic acids is 1. The lowest BCUT2D eigenvalue weighted by Gasteiger charge is -2.25. The van der Waals surface area contributed by atoms with Crippen LogP contribution >= 0.6 is 0 Å². The Bertz CT molecular complexity index is 882. The number of benzene rings is 2. The maximum atomic E-state index is 14.0. The van der Waals surface area contributed by atoms with Crippen LogP contribution in [0, 0.1) is 12.7 Å². The van der Waals surface area contributed by atoms with Crippen molar-refractivity contribution in [2.75, 3.05) is 25.1 Å². The van der Waals surface area contributed by atoms with E-state index in [4.69, 9.17) is 4.74 Å². The van der Waals surface area contributed by atoms with Crippen molar-refractivity contribution < 1.29 is 27.1 Å². The second kappa shape index (κ2) is 7.52. The predicted octanol–water partition coefficient (Wildman–Crippen LogP) is 2.51. The third kappa shape index (κ3) is 3.90. The van der Waals surface area contributed by atoms with Crippen LogP contribution in [0.3, 0.4) is 0 Å². The molecule has 0 unspecified atom stereocenters. The van der Waals surface area contributed by atoms with E-state index in [0.717, 1.165) is 17.5 Å². The number of hydrogen-bond acceptors (Lipinski definition) is 5. The zero-order chi connectivity index (χ0) is 18.6. The second-order valence-corrected chi connectivity index (χ2v) is 7.03. The summed E-state index contributed by atoms with van der Waals surface area (Å²) in [5.41, 5.74) is 0.952. The van der Waals surface area contributed by atoms with Crippen LogP contribution < -0.4 is 9.04 Å². The van der Waals surface area contributed by atoms with E-state index in [9.17, 15) is 17.6 Å². The van der Waals surface area contributed by atoms with E-state index in [2.05, 4.69) is 4.74 Å². The van der Waals surface area contributed by atoms with Crippen LogP contribution in [0.25, 0.3) is 0 Å². The summed E-state index contributed by atoms with van der Waals surface area (Å²) in [5, 5.41) is 0. The molecule has 25 heavy (non-hydrogen) atoms. The van der Waals surface area contributed by atoms with Gasteiger partial charge >= 0.3 is 5.97 Å². The fourth-order valence-electron chi connectivity index (χ4n) is 2.26. The van der Waals surface area contributed by atoms with E-state index in [1.807, 2.05) is 0 Å². The quantitative estimate of drug-likeness (QED) is 0.734. The summed E-state index contributed by atoms with van der Waals surface area (Å²) >= 11 is 0. The largest absolute Gasteiger partial charge is 0.494 e. The molecule has 0 saturated carbocycles. The highest BCUT2D eigenvalue weighted by Crippen LogP contribution is 2.28. The average molecular weight is 367 g/mol. The lowest BCUT2D eigenvalue weighted by Crippen LogP contribution is -2.36. The Morgan fingerprint density at radius 1 is 1.16 bits per heavy atom. The van der Waals surface area contributed by atoms with Crippen LogP contribution in [0.15, 0.2) is 47.4 Å². The van der Waals surface area contributed by atoms with Gasteiger partial charge in [0, 0.05) is 0 Å². The third-order valence-electron chi connectivity index (χ3n) is 3.60. The van der Waals surface area contributed by atoms with Gasteiger partial charge in [0.15, 0.2) is 11.6 Å². The summed E-state index contributed by atoms with van der Waals surface area (Å²) in [6, 6.07) is 9.97. The molecule has 0 bridgehead atoms. The van der Waals surface area contributed by atoms with Gasteiger partial charge in [-0.1, -0.05) is 18.2 Å². The molecule has 0 amide bonds. The topological polar surface area (TPSA) is 72.9 Å². The van der Waals surface area contributed by atoms with E-state index in [1.165, 1.54) is 19.2 Å². The molecule has 0 atom stereocenters. The monoisotopic (exact) mass is 367 g/mol. The minimum Gasteiger partial charge on any atom is -0.494 e. The molecule has 0 radical (unpaired) electrons. The maximum absolute atomic E-state index is 14.0. The van der Waals surface area contributed by atoms with Crippen LogP contribution in [0.2, 0.25) is 0 Å². The van der Waals surface area contributed by atoms with Gasteiger partial charge in [0.2, 0.25) is 0 Å². The number of aryl methyl sites for hydroxylation is 1. The summed E-state index contributed by atoms with van der Waals surface area (Å²) in [6.07, 6.45) is 0. The van der Waals surface area contributed by atoms with Crippen molar-refractivity contribution in [3.63, 3.8) is 0 Å². The third-order valence-corrected chi connectivity index (χ3v) is 5.35. The minimum atomic E-state index is -4.19. The van der Waals surface area contributed by atoms with Crippen molar-refractivity contribution in [2.24, 2.45) is 0 Å². The molecule has 0 saturated heterocycles. The predicted molar refractivity (Wildman–Crippen MR) is 90.7 cm³/mol. The smallest absolute Gasteiger partial charge is 0.326 e. The Balaban J connectivity index is 2.57. The molecule has 0 heterocycles. The molecular formula is C17H18FNO5S. The molecule has 0 fully saturated rings. The number of sulfonamides is 1. The zero-order valence-corrected chi connectivity index (χ0v) is 14.8. The molecule has 2 aromatic rings. The van der Waals surface area contributed by atoms with Gasteiger partial charge in [-0.25, -0.2) is 12.8 Å². The zero-order valence-electron chi connectivity index (χ0n) is 14.0. The summed E-state index contributed by atoms with van der Waals surface area (Å²) in [7, 11) is -1.75. The first kappa shape index (κ1) is 18.7. The molecule has 134 valence electrons. The molecule has 0 N–H and O–H groups in total. The summed E-state index contributed by atoms with van der Waals surface area (Å²) in [6.45, 7) is 1.18. The number of hydrogen-bond donors (Lipinski definition) is 0. The van der Waals surface area contributed by atoms with Gasteiger partial charge in [-0.2, -0.15) is 0 Å². The van der Waals surface area contributed by atoms with Gasteiger partial charge in [0.05, 0.1) is 24.8 Å². The highest BCUT2D eigenvalue weighted by Gasteiger charge is 2.29. The van der Waals surface area contributed by atoms with Crippen molar-refractivity contribution in [3.8, 4) is 5.75 Å². The van der Waals surface area contributed by atoms with Gasteiger partial charge < -0.3 is 9.47 Å². The minimum absolute atomic E-state index is 0.0747. The van der Waals surface area contributed by atoms with Gasteiger partial charge in [-0.15, -0.1) is 0 Å². The Morgan fingerprint density at radius 3 is 2.40 bits per heavy atom. The molecule has 0 aliphatic rings. The number of para-hydroxylation sites is 1. The highest BCUT2D eigenvalue weighted by atomic mass is 32.2. The lowest BCUT2D eigenvalue weighted by atomic mass is 10.2.